The summed E-state index contributed by atoms with van der Waals surface area (Å²) in [5.41, 5.74) is 0.611. The van der Waals surface area contributed by atoms with Crippen molar-refractivity contribution in [1.29, 1.82) is 0 Å². The van der Waals surface area contributed by atoms with Gasteiger partial charge in [-0.15, -0.1) is 0 Å². The van der Waals surface area contributed by atoms with Crippen molar-refractivity contribution in [2.24, 2.45) is 5.16 Å². The molecule has 0 spiro atoms. The first-order valence-corrected chi connectivity index (χ1v) is 5.66. The summed E-state index contributed by atoms with van der Waals surface area (Å²) in [6, 6.07) is 3.22. The Morgan fingerprint density at radius 2 is 2.17 bits per heavy atom. The second kappa shape index (κ2) is 6.85. The molecule has 0 aliphatic rings. The molecule has 98 valence electrons. The third-order valence-electron chi connectivity index (χ3n) is 2.05. The molecule has 0 unspecified atom stereocenters. The smallest absolute Gasteiger partial charge is 0.343 e. The Morgan fingerprint density at radius 3 is 2.72 bits per heavy atom. The van der Waals surface area contributed by atoms with Gasteiger partial charge in [-0.1, -0.05) is 5.16 Å². The number of halogens is 1. The van der Waals surface area contributed by atoms with E-state index in [-0.39, 0.29) is 6.61 Å². The van der Waals surface area contributed by atoms with Crippen LogP contribution in [0, 0.1) is 0 Å². The van der Waals surface area contributed by atoms with E-state index in [0.717, 1.165) is 0 Å². The second-order valence-electron chi connectivity index (χ2n) is 3.13. The van der Waals surface area contributed by atoms with Gasteiger partial charge in [0.15, 0.2) is 18.1 Å². The summed E-state index contributed by atoms with van der Waals surface area (Å²) in [5.74, 6) is 0.302. The molecule has 1 rings (SSSR count). The molecule has 0 heterocycles. The lowest BCUT2D eigenvalue weighted by Crippen LogP contribution is -2.13. The summed E-state index contributed by atoms with van der Waals surface area (Å²) in [6.07, 6.45) is 1.25. The standard InChI is InChI=1S/C11H12BrNO5/c1-16-9-3-7(5-13-15)8(12)4-10(9)18-6-11(14)17-2/h3-5,15H,6H2,1-2H3. The van der Waals surface area contributed by atoms with Gasteiger partial charge in [-0.25, -0.2) is 4.79 Å². The molecule has 0 aliphatic heterocycles. The highest BCUT2D eigenvalue weighted by Crippen LogP contribution is 2.32. The van der Waals surface area contributed by atoms with Crippen molar-refractivity contribution in [2.75, 3.05) is 20.8 Å². The van der Waals surface area contributed by atoms with Crippen molar-refractivity contribution in [3.05, 3.63) is 22.2 Å². The van der Waals surface area contributed by atoms with Crippen LogP contribution in [0.15, 0.2) is 21.8 Å². The number of benzene rings is 1. The van der Waals surface area contributed by atoms with Gasteiger partial charge in [0.1, 0.15) is 0 Å². The number of ether oxygens (including phenoxy) is 3. The molecule has 0 aliphatic carbocycles. The maximum atomic E-state index is 11.0. The molecule has 0 amide bonds. The SMILES string of the molecule is COC(=O)COc1cc(Br)c(C=NO)cc1OC. The maximum Gasteiger partial charge on any atom is 0.343 e. The minimum absolute atomic E-state index is 0.216. The van der Waals surface area contributed by atoms with E-state index in [4.69, 9.17) is 14.7 Å². The van der Waals surface area contributed by atoms with Crippen LogP contribution in [0.2, 0.25) is 0 Å². The molecule has 0 bridgehead atoms. The Kier molecular flexibility index (Phi) is 5.44. The van der Waals surface area contributed by atoms with E-state index in [0.29, 0.717) is 21.5 Å². The van der Waals surface area contributed by atoms with E-state index < -0.39 is 5.97 Å². The molecule has 7 heteroatoms. The van der Waals surface area contributed by atoms with Crippen molar-refractivity contribution < 1.29 is 24.2 Å². The lowest BCUT2D eigenvalue weighted by Gasteiger charge is -2.11. The van der Waals surface area contributed by atoms with Gasteiger partial charge in [0, 0.05) is 10.0 Å². The summed E-state index contributed by atoms with van der Waals surface area (Å²) in [7, 11) is 2.74. The maximum absolute atomic E-state index is 11.0. The minimum atomic E-state index is -0.492. The molecule has 0 aromatic heterocycles. The average Bonchev–Trinajstić information content (AvgIpc) is 2.38. The molecule has 18 heavy (non-hydrogen) atoms. The third kappa shape index (κ3) is 3.63. The van der Waals surface area contributed by atoms with Crippen LogP contribution in [0.25, 0.3) is 0 Å². The molecule has 0 saturated carbocycles. The molecular formula is C11H12BrNO5. The van der Waals surface area contributed by atoms with Gasteiger partial charge in [-0.05, 0) is 28.1 Å². The van der Waals surface area contributed by atoms with Crippen molar-refractivity contribution in [3.8, 4) is 11.5 Å². The highest BCUT2D eigenvalue weighted by molar-refractivity contribution is 9.10. The van der Waals surface area contributed by atoms with Gasteiger partial charge in [0.25, 0.3) is 0 Å². The van der Waals surface area contributed by atoms with E-state index in [1.165, 1.54) is 20.4 Å². The van der Waals surface area contributed by atoms with Crippen LogP contribution in [0.5, 0.6) is 11.5 Å². The average molecular weight is 318 g/mol. The van der Waals surface area contributed by atoms with Gasteiger partial charge in [0.05, 0.1) is 20.4 Å². The number of hydrogen-bond acceptors (Lipinski definition) is 6. The molecule has 1 aromatic carbocycles. The van der Waals surface area contributed by atoms with Crippen LogP contribution in [0.4, 0.5) is 0 Å². The summed E-state index contributed by atoms with van der Waals surface area (Å²) in [5, 5.41) is 11.4. The highest BCUT2D eigenvalue weighted by Gasteiger charge is 2.11. The van der Waals surface area contributed by atoms with Crippen molar-refractivity contribution >= 4 is 28.1 Å². The number of hydrogen-bond donors (Lipinski definition) is 1. The Balaban J connectivity index is 2.97. The van der Waals surface area contributed by atoms with E-state index in [1.54, 1.807) is 12.1 Å². The Morgan fingerprint density at radius 1 is 1.44 bits per heavy atom. The molecule has 0 radical (unpaired) electrons. The fourth-order valence-corrected chi connectivity index (χ4v) is 1.60. The molecular weight excluding hydrogens is 306 g/mol. The predicted octanol–water partition coefficient (Wildman–Crippen LogP) is 1.82. The van der Waals surface area contributed by atoms with E-state index in [9.17, 15) is 4.79 Å². The summed E-state index contributed by atoms with van der Waals surface area (Å²) in [6.45, 7) is -0.216. The van der Waals surface area contributed by atoms with Crippen molar-refractivity contribution in [1.82, 2.24) is 0 Å². The molecule has 0 fully saturated rings. The normalized spacial score (nSPS) is 10.4. The molecule has 0 saturated heterocycles. The van der Waals surface area contributed by atoms with Gasteiger partial charge < -0.3 is 19.4 Å². The minimum Gasteiger partial charge on any atom is -0.493 e. The monoisotopic (exact) mass is 317 g/mol. The first kappa shape index (κ1) is 14.3. The number of oxime groups is 1. The molecule has 1 aromatic rings. The van der Waals surface area contributed by atoms with Crippen LogP contribution in [0.1, 0.15) is 5.56 Å². The third-order valence-corrected chi connectivity index (χ3v) is 2.74. The number of rotatable bonds is 5. The number of esters is 1. The fraction of sp³-hybridized carbons (Fsp3) is 0.273. The predicted molar refractivity (Wildman–Crippen MR) is 67.6 cm³/mol. The zero-order valence-corrected chi connectivity index (χ0v) is 11.4. The van der Waals surface area contributed by atoms with Crippen LogP contribution in [0.3, 0.4) is 0 Å². The largest absolute Gasteiger partial charge is 0.493 e. The van der Waals surface area contributed by atoms with E-state index in [2.05, 4.69) is 25.8 Å². The summed E-state index contributed by atoms with van der Waals surface area (Å²) >= 11 is 3.28. The first-order valence-electron chi connectivity index (χ1n) is 4.87. The van der Waals surface area contributed by atoms with Crippen molar-refractivity contribution in [2.45, 2.75) is 0 Å². The fourth-order valence-electron chi connectivity index (χ4n) is 1.18. The van der Waals surface area contributed by atoms with Crippen LogP contribution in [-0.4, -0.2) is 38.2 Å². The zero-order valence-electron chi connectivity index (χ0n) is 9.84. The topological polar surface area (TPSA) is 77.4 Å². The quantitative estimate of drug-likeness (QED) is 0.388. The van der Waals surface area contributed by atoms with Gasteiger partial charge in [0.2, 0.25) is 0 Å². The van der Waals surface area contributed by atoms with Gasteiger partial charge in [-0.2, -0.15) is 0 Å². The van der Waals surface area contributed by atoms with Crippen LogP contribution in [-0.2, 0) is 9.53 Å². The number of nitrogens with zero attached hydrogens (tertiary/aromatic N) is 1. The molecule has 6 nitrogen and oxygen atoms in total. The Bertz CT molecular complexity index is 461. The first-order chi connectivity index (χ1) is 8.62. The number of carbonyl (C=O) groups excluding carboxylic acids is 1. The lowest BCUT2D eigenvalue weighted by molar-refractivity contribution is -0.142. The van der Waals surface area contributed by atoms with Crippen LogP contribution < -0.4 is 9.47 Å². The zero-order chi connectivity index (χ0) is 13.5. The number of carbonyl (C=O) groups is 1. The van der Waals surface area contributed by atoms with E-state index >= 15 is 0 Å². The molecule has 1 N–H and O–H groups in total. The lowest BCUT2D eigenvalue weighted by atomic mass is 10.2. The number of methoxy groups -OCH3 is 2. The Labute approximate surface area is 112 Å². The highest BCUT2D eigenvalue weighted by atomic mass is 79.9. The van der Waals surface area contributed by atoms with Gasteiger partial charge in [-0.3, -0.25) is 0 Å². The molecule has 0 atom stereocenters. The summed E-state index contributed by atoms with van der Waals surface area (Å²) < 4.78 is 15.5. The Hall–Kier alpha value is -1.76. The van der Waals surface area contributed by atoms with E-state index in [1.807, 2.05) is 0 Å². The summed E-state index contributed by atoms with van der Waals surface area (Å²) in [4.78, 5) is 11.0. The van der Waals surface area contributed by atoms with Crippen molar-refractivity contribution in [3.63, 3.8) is 0 Å². The van der Waals surface area contributed by atoms with Crippen LogP contribution >= 0.6 is 15.9 Å². The second-order valence-corrected chi connectivity index (χ2v) is 3.99. The van der Waals surface area contributed by atoms with Gasteiger partial charge >= 0.3 is 5.97 Å².